The lowest BCUT2D eigenvalue weighted by molar-refractivity contribution is 1.13. The van der Waals surface area contributed by atoms with Gasteiger partial charge in [0.25, 0.3) is 0 Å². The molecule has 18 heavy (non-hydrogen) atoms. The van der Waals surface area contributed by atoms with Crippen molar-refractivity contribution in [1.29, 1.82) is 0 Å². The van der Waals surface area contributed by atoms with Gasteiger partial charge in [-0.05, 0) is 58.2 Å². The molecule has 0 heterocycles. The standard InChI is InChI=1S/C14H12Br3N/c1-9-6-10(2-4-12(9)16)8-18-14-7-11(15)3-5-13(14)17/h2-7,18H,8H2,1H3. The van der Waals surface area contributed by atoms with Crippen molar-refractivity contribution in [3.8, 4) is 0 Å². The first-order valence-corrected chi connectivity index (χ1v) is 7.88. The van der Waals surface area contributed by atoms with Gasteiger partial charge < -0.3 is 5.32 Å². The van der Waals surface area contributed by atoms with E-state index < -0.39 is 0 Å². The van der Waals surface area contributed by atoms with Crippen molar-refractivity contribution in [3.63, 3.8) is 0 Å². The third-order valence-corrected chi connectivity index (χ3v) is 4.71. The SMILES string of the molecule is Cc1cc(CNc2cc(Br)ccc2Br)ccc1Br. The number of hydrogen-bond donors (Lipinski definition) is 1. The summed E-state index contributed by atoms with van der Waals surface area (Å²) in [6.45, 7) is 2.91. The van der Waals surface area contributed by atoms with E-state index in [0.717, 1.165) is 25.7 Å². The van der Waals surface area contributed by atoms with E-state index in [1.54, 1.807) is 0 Å². The number of rotatable bonds is 3. The van der Waals surface area contributed by atoms with Gasteiger partial charge in [-0.3, -0.25) is 0 Å². The lowest BCUT2D eigenvalue weighted by Crippen LogP contribution is -2.00. The highest BCUT2D eigenvalue weighted by Crippen LogP contribution is 2.27. The van der Waals surface area contributed by atoms with Crippen LogP contribution in [0, 0.1) is 6.92 Å². The Morgan fingerprint density at radius 3 is 2.39 bits per heavy atom. The summed E-state index contributed by atoms with van der Waals surface area (Å²) < 4.78 is 3.29. The maximum Gasteiger partial charge on any atom is 0.0498 e. The molecule has 0 radical (unpaired) electrons. The van der Waals surface area contributed by atoms with E-state index in [1.165, 1.54) is 11.1 Å². The van der Waals surface area contributed by atoms with Gasteiger partial charge >= 0.3 is 0 Å². The van der Waals surface area contributed by atoms with Crippen LogP contribution in [0.5, 0.6) is 0 Å². The zero-order chi connectivity index (χ0) is 13.1. The van der Waals surface area contributed by atoms with Crippen molar-refractivity contribution in [1.82, 2.24) is 0 Å². The van der Waals surface area contributed by atoms with Crippen LogP contribution in [0.3, 0.4) is 0 Å². The van der Waals surface area contributed by atoms with Crippen molar-refractivity contribution in [2.45, 2.75) is 13.5 Å². The monoisotopic (exact) mass is 431 g/mol. The van der Waals surface area contributed by atoms with Crippen LogP contribution in [0.1, 0.15) is 11.1 Å². The predicted octanol–water partition coefficient (Wildman–Crippen LogP) is 5.89. The van der Waals surface area contributed by atoms with Crippen LogP contribution in [0.4, 0.5) is 5.69 Å². The van der Waals surface area contributed by atoms with Crippen LogP contribution in [0.15, 0.2) is 49.8 Å². The molecule has 0 unspecified atom stereocenters. The van der Waals surface area contributed by atoms with Crippen LogP contribution in [0.25, 0.3) is 0 Å². The Labute approximate surface area is 132 Å². The van der Waals surface area contributed by atoms with E-state index in [-0.39, 0.29) is 0 Å². The molecule has 94 valence electrons. The Bertz CT molecular complexity index is 567. The molecule has 0 aliphatic rings. The molecule has 0 aromatic heterocycles. The first-order valence-electron chi connectivity index (χ1n) is 5.50. The van der Waals surface area contributed by atoms with Gasteiger partial charge in [0.15, 0.2) is 0 Å². The lowest BCUT2D eigenvalue weighted by atomic mass is 10.1. The van der Waals surface area contributed by atoms with E-state index in [2.05, 4.69) is 84.3 Å². The normalized spacial score (nSPS) is 10.4. The molecule has 0 atom stereocenters. The molecule has 2 rings (SSSR count). The van der Waals surface area contributed by atoms with Crippen LogP contribution in [-0.4, -0.2) is 0 Å². The number of anilines is 1. The quantitative estimate of drug-likeness (QED) is 0.635. The Balaban J connectivity index is 2.11. The second-order valence-corrected chi connectivity index (χ2v) is 6.69. The lowest BCUT2D eigenvalue weighted by Gasteiger charge is -2.10. The third-order valence-electron chi connectivity index (χ3n) is 2.63. The summed E-state index contributed by atoms with van der Waals surface area (Å²) in [6.07, 6.45) is 0. The molecular weight excluding hydrogens is 422 g/mol. The van der Waals surface area contributed by atoms with Gasteiger partial charge in [-0.25, -0.2) is 0 Å². The Hall–Kier alpha value is -0.320. The highest BCUT2D eigenvalue weighted by molar-refractivity contribution is 9.11. The van der Waals surface area contributed by atoms with Crippen molar-refractivity contribution >= 4 is 53.5 Å². The van der Waals surface area contributed by atoms with Crippen molar-refractivity contribution in [3.05, 3.63) is 60.9 Å². The van der Waals surface area contributed by atoms with Gasteiger partial charge in [-0.15, -0.1) is 0 Å². The minimum absolute atomic E-state index is 0.809. The molecule has 0 amide bonds. The van der Waals surface area contributed by atoms with Crippen molar-refractivity contribution < 1.29 is 0 Å². The topological polar surface area (TPSA) is 12.0 Å². The highest BCUT2D eigenvalue weighted by Gasteiger charge is 2.01. The maximum absolute atomic E-state index is 3.54. The smallest absolute Gasteiger partial charge is 0.0498 e. The van der Waals surface area contributed by atoms with Gasteiger partial charge in [0.05, 0.1) is 0 Å². The largest absolute Gasteiger partial charge is 0.380 e. The predicted molar refractivity (Wildman–Crippen MR) is 88.0 cm³/mol. The average Bonchev–Trinajstić information content (AvgIpc) is 2.34. The molecule has 0 aliphatic heterocycles. The minimum atomic E-state index is 0.809. The maximum atomic E-state index is 3.54. The first-order chi connectivity index (χ1) is 8.56. The van der Waals surface area contributed by atoms with E-state index in [1.807, 2.05) is 12.1 Å². The van der Waals surface area contributed by atoms with Gasteiger partial charge in [0.1, 0.15) is 0 Å². The summed E-state index contributed by atoms with van der Waals surface area (Å²) in [6, 6.07) is 12.5. The number of nitrogens with one attached hydrogen (secondary N) is 1. The number of benzene rings is 2. The summed E-state index contributed by atoms with van der Waals surface area (Å²) >= 11 is 10.5. The molecule has 0 spiro atoms. The molecule has 0 aliphatic carbocycles. The molecular formula is C14H12Br3N. The molecule has 0 bridgehead atoms. The van der Waals surface area contributed by atoms with Gasteiger partial charge in [0, 0.05) is 25.7 Å². The second-order valence-electron chi connectivity index (χ2n) is 4.06. The van der Waals surface area contributed by atoms with E-state index >= 15 is 0 Å². The zero-order valence-electron chi connectivity index (χ0n) is 9.81. The summed E-state index contributed by atoms with van der Waals surface area (Å²) in [5.74, 6) is 0. The van der Waals surface area contributed by atoms with Crippen LogP contribution >= 0.6 is 47.8 Å². The van der Waals surface area contributed by atoms with E-state index in [9.17, 15) is 0 Å². The van der Waals surface area contributed by atoms with E-state index in [4.69, 9.17) is 0 Å². The molecule has 4 heteroatoms. The fourth-order valence-corrected chi connectivity index (χ4v) is 2.64. The Kier molecular flexibility index (Phi) is 4.87. The fraction of sp³-hybridized carbons (Fsp3) is 0.143. The molecule has 0 saturated carbocycles. The van der Waals surface area contributed by atoms with Crippen molar-refractivity contribution in [2.75, 3.05) is 5.32 Å². The summed E-state index contributed by atoms with van der Waals surface area (Å²) in [5, 5.41) is 3.42. The minimum Gasteiger partial charge on any atom is -0.380 e. The molecule has 1 N–H and O–H groups in total. The number of halogens is 3. The molecule has 1 nitrogen and oxygen atoms in total. The van der Waals surface area contributed by atoms with Gasteiger partial charge in [-0.2, -0.15) is 0 Å². The first kappa shape index (κ1) is 14.1. The Morgan fingerprint density at radius 1 is 0.944 bits per heavy atom. The zero-order valence-corrected chi connectivity index (χ0v) is 14.6. The Morgan fingerprint density at radius 2 is 1.67 bits per heavy atom. The van der Waals surface area contributed by atoms with Crippen LogP contribution in [0.2, 0.25) is 0 Å². The fourth-order valence-electron chi connectivity index (χ4n) is 1.65. The molecule has 0 saturated heterocycles. The number of aryl methyl sites for hydroxylation is 1. The van der Waals surface area contributed by atoms with Crippen molar-refractivity contribution in [2.24, 2.45) is 0 Å². The van der Waals surface area contributed by atoms with E-state index in [0.29, 0.717) is 0 Å². The van der Waals surface area contributed by atoms with Gasteiger partial charge in [0.2, 0.25) is 0 Å². The highest BCUT2D eigenvalue weighted by atomic mass is 79.9. The third kappa shape index (κ3) is 3.59. The van der Waals surface area contributed by atoms with Gasteiger partial charge in [-0.1, -0.05) is 44.0 Å². The summed E-state index contributed by atoms with van der Waals surface area (Å²) in [5.41, 5.74) is 3.61. The van der Waals surface area contributed by atoms with Crippen LogP contribution in [-0.2, 0) is 6.54 Å². The summed E-state index contributed by atoms with van der Waals surface area (Å²) in [4.78, 5) is 0. The molecule has 2 aromatic carbocycles. The average molecular weight is 434 g/mol. The molecule has 0 fully saturated rings. The van der Waals surface area contributed by atoms with Crippen LogP contribution < -0.4 is 5.32 Å². The second kappa shape index (κ2) is 6.22. The number of hydrogen-bond acceptors (Lipinski definition) is 1. The summed E-state index contributed by atoms with van der Waals surface area (Å²) in [7, 11) is 0. The molecule has 2 aromatic rings.